The van der Waals surface area contributed by atoms with Crippen molar-refractivity contribution in [1.82, 2.24) is 5.32 Å². The molecule has 0 radical (unpaired) electrons. The molecule has 1 amide bonds. The zero-order chi connectivity index (χ0) is 22.6. The smallest absolute Gasteiger partial charge is 0.338 e. The van der Waals surface area contributed by atoms with Crippen molar-refractivity contribution in [3.63, 3.8) is 0 Å². The molecule has 3 aromatic rings. The van der Waals surface area contributed by atoms with Gasteiger partial charge in [-0.25, -0.2) is 4.79 Å². The molecule has 164 valence electrons. The number of esters is 1. The molecule has 6 heteroatoms. The zero-order valence-electron chi connectivity index (χ0n) is 18.0. The minimum atomic E-state index is -0.344. The molecule has 0 aliphatic carbocycles. The molecule has 3 rings (SSSR count). The van der Waals surface area contributed by atoms with Crippen LogP contribution in [0.2, 0.25) is 0 Å². The Bertz CT molecular complexity index is 1030. The largest absolute Gasteiger partial charge is 0.484 e. The van der Waals surface area contributed by atoms with E-state index in [1.54, 1.807) is 49.5 Å². The number of carbonyl (C=O) groups is 2. The number of hydrogen-bond donors (Lipinski definition) is 1. The highest BCUT2D eigenvalue weighted by molar-refractivity contribution is 5.90. The predicted molar refractivity (Wildman–Crippen MR) is 125 cm³/mol. The second-order valence-corrected chi connectivity index (χ2v) is 6.97. The van der Waals surface area contributed by atoms with Gasteiger partial charge in [0.2, 0.25) is 0 Å². The number of rotatable bonds is 10. The molecule has 0 atom stereocenters. The lowest BCUT2D eigenvalue weighted by Gasteiger charge is -2.08. The fraction of sp³-hybridized carbons (Fsp3) is 0.192. The Morgan fingerprint density at radius 3 is 2.34 bits per heavy atom. The Kier molecular flexibility index (Phi) is 8.57. The van der Waals surface area contributed by atoms with Gasteiger partial charge in [-0.15, -0.1) is 0 Å². The van der Waals surface area contributed by atoms with E-state index >= 15 is 0 Å². The van der Waals surface area contributed by atoms with Crippen molar-refractivity contribution in [2.45, 2.75) is 13.3 Å². The lowest BCUT2D eigenvalue weighted by Crippen LogP contribution is -2.30. The van der Waals surface area contributed by atoms with Crippen LogP contribution in [0.25, 0.3) is 0 Å². The Balaban J connectivity index is 1.42. The molecule has 0 spiro atoms. The van der Waals surface area contributed by atoms with E-state index in [2.05, 4.69) is 10.3 Å². The standard InChI is InChI=1S/C26H26N2O4/c1-2-31-26(30)22-10-12-23(13-11-22)28-18-21-8-14-24(15-9-21)32-19-25(29)27-17-16-20-6-4-3-5-7-20/h3-15,18H,2,16-17,19H2,1H3,(H,27,29). The lowest BCUT2D eigenvalue weighted by atomic mass is 10.1. The van der Waals surface area contributed by atoms with Crippen molar-refractivity contribution in [2.24, 2.45) is 4.99 Å². The van der Waals surface area contributed by atoms with Gasteiger partial charge in [-0.3, -0.25) is 9.79 Å². The molecule has 32 heavy (non-hydrogen) atoms. The predicted octanol–water partition coefficient (Wildman–Crippen LogP) is 4.35. The number of benzene rings is 3. The summed E-state index contributed by atoms with van der Waals surface area (Å²) in [6.07, 6.45) is 2.51. The van der Waals surface area contributed by atoms with Crippen LogP contribution >= 0.6 is 0 Å². The quantitative estimate of drug-likeness (QED) is 0.383. The van der Waals surface area contributed by atoms with Gasteiger partial charge in [0.25, 0.3) is 5.91 Å². The molecule has 0 saturated carbocycles. The maximum Gasteiger partial charge on any atom is 0.338 e. The average molecular weight is 431 g/mol. The lowest BCUT2D eigenvalue weighted by molar-refractivity contribution is -0.123. The van der Waals surface area contributed by atoms with Gasteiger partial charge in [-0.1, -0.05) is 30.3 Å². The van der Waals surface area contributed by atoms with Gasteiger partial charge in [0.1, 0.15) is 5.75 Å². The topological polar surface area (TPSA) is 77.0 Å². The van der Waals surface area contributed by atoms with E-state index in [4.69, 9.17) is 9.47 Å². The Hall–Kier alpha value is -3.93. The fourth-order valence-corrected chi connectivity index (χ4v) is 2.89. The van der Waals surface area contributed by atoms with Crippen molar-refractivity contribution in [1.29, 1.82) is 0 Å². The Morgan fingerprint density at radius 2 is 1.66 bits per heavy atom. The van der Waals surface area contributed by atoms with Crippen LogP contribution in [-0.4, -0.2) is 37.8 Å². The Labute approximate surface area is 187 Å². The molecule has 0 unspecified atom stereocenters. The van der Waals surface area contributed by atoms with Gasteiger partial charge >= 0.3 is 5.97 Å². The molecule has 0 aliphatic rings. The second-order valence-electron chi connectivity index (χ2n) is 6.97. The van der Waals surface area contributed by atoms with Crippen molar-refractivity contribution in [3.05, 3.63) is 95.6 Å². The molecule has 0 bridgehead atoms. The highest BCUT2D eigenvalue weighted by Crippen LogP contribution is 2.15. The van der Waals surface area contributed by atoms with Gasteiger partial charge in [0.15, 0.2) is 6.61 Å². The summed E-state index contributed by atoms with van der Waals surface area (Å²) >= 11 is 0. The van der Waals surface area contributed by atoms with E-state index in [0.29, 0.717) is 24.5 Å². The minimum absolute atomic E-state index is 0.0327. The maximum absolute atomic E-state index is 11.9. The van der Waals surface area contributed by atoms with Crippen molar-refractivity contribution in [2.75, 3.05) is 19.8 Å². The van der Waals surface area contributed by atoms with Crippen LogP contribution < -0.4 is 10.1 Å². The monoisotopic (exact) mass is 430 g/mol. The summed E-state index contributed by atoms with van der Waals surface area (Å²) in [6, 6.07) is 24.2. The van der Waals surface area contributed by atoms with E-state index in [0.717, 1.165) is 17.7 Å². The second kappa shape index (κ2) is 12.1. The molecule has 0 aliphatic heterocycles. The first-order valence-corrected chi connectivity index (χ1v) is 10.5. The molecule has 3 aromatic carbocycles. The first kappa shape index (κ1) is 22.7. The summed E-state index contributed by atoms with van der Waals surface area (Å²) in [5.74, 6) is 0.112. The molecule has 1 N–H and O–H groups in total. The normalized spacial score (nSPS) is 10.7. The van der Waals surface area contributed by atoms with Crippen LogP contribution in [0.4, 0.5) is 5.69 Å². The number of nitrogens with zero attached hydrogens (tertiary/aromatic N) is 1. The highest BCUT2D eigenvalue weighted by Gasteiger charge is 2.05. The van der Waals surface area contributed by atoms with E-state index in [1.165, 1.54) is 5.56 Å². The van der Waals surface area contributed by atoms with Crippen molar-refractivity contribution < 1.29 is 19.1 Å². The van der Waals surface area contributed by atoms with Crippen molar-refractivity contribution in [3.8, 4) is 5.75 Å². The molecule has 0 heterocycles. The number of carbonyl (C=O) groups excluding carboxylic acids is 2. The van der Waals surface area contributed by atoms with E-state index in [9.17, 15) is 9.59 Å². The third-order valence-electron chi connectivity index (χ3n) is 4.57. The summed E-state index contributed by atoms with van der Waals surface area (Å²) in [5.41, 5.74) is 3.29. The number of aliphatic imine (C=N–C) groups is 1. The number of nitrogens with one attached hydrogen (secondary N) is 1. The fourth-order valence-electron chi connectivity index (χ4n) is 2.89. The van der Waals surface area contributed by atoms with E-state index in [1.807, 2.05) is 42.5 Å². The van der Waals surface area contributed by atoms with Crippen LogP contribution in [0.5, 0.6) is 5.75 Å². The number of amides is 1. The van der Waals surface area contributed by atoms with E-state index in [-0.39, 0.29) is 18.5 Å². The average Bonchev–Trinajstić information content (AvgIpc) is 2.83. The maximum atomic E-state index is 11.9. The first-order chi connectivity index (χ1) is 15.6. The van der Waals surface area contributed by atoms with Gasteiger partial charge in [0, 0.05) is 12.8 Å². The van der Waals surface area contributed by atoms with Gasteiger partial charge < -0.3 is 14.8 Å². The molecule has 0 fully saturated rings. The summed E-state index contributed by atoms with van der Waals surface area (Å²) in [4.78, 5) is 28.0. The van der Waals surface area contributed by atoms with Crippen LogP contribution in [0.1, 0.15) is 28.4 Å². The minimum Gasteiger partial charge on any atom is -0.484 e. The summed E-state index contributed by atoms with van der Waals surface area (Å²) < 4.78 is 10.5. The number of ether oxygens (including phenoxy) is 2. The summed E-state index contributed by atoms with van der Waals surface area (Å²) in [7, 11) is 0. The van der Waals surface area contributed by atoms with Crippen LogP contribution in [0.15, 0.2) is 83.9 Å². The van der Waals surface area contributed by atoms with E-state index < -0.39 is 0 Å². The van der Waals surface area contributed by atoms with Gasteiger partial charge in [-0.2, -0.15) is 0 Å². The molecular formula is C26H26N2O4. The Morgan fingerprint density at radius 1 is 0.938 bits per heavy atom. The van der Waals surface area contributed by atoms with Crippen LogP contribution in [-0.2, 0) is 16.0 Å². The molecule has 0 aromatic heterocycles. The first-order valence-electron chi connectivity index (χ1n) is 10.5. The zero-order valence-corrected chi connectivity index (χ0v) is 18.0. The van der Waals surface area contributed by atoms with Crippen molar-refractivity contribution >= 4 is 23.8 Å². The third-order valence-corrected chi connectivity index (χ3v) is 4.57. The van der Waals surface area contributed by atoms with Gasteiger partial charge in [-0.05, 0) is 73.0 Å². The third kappa shape index (κ3) is 7.40. The van der Waals surface area contributed by atoms with Crippen LogP contribution in [0.3, 0.4) is 0 Å². The highest BCUT2D eigenvalue weighted by atomic mass is 16.5. The summed E-state index contributed by atoms with van der Waals surface area (Å²) in [5, 5.41) is 2.86. The summed E-state index contributed by atoms with van der Waals surface area (Å²) in [6.45, 7) is 2.66. The molecular weight excluding hydrogens is 404 g/mol. The molecule has 0 saturated heterocycles. The number of hydrogen-bond acceptors (Lipinski definition) is 5. The SMILES string of the molecule is CCOC(=O)c1ccc(N=Cc2ccc(OCC(=O)NCCc3ccccc3)cc2)cc1. The molecule has 6 nitrogen and oxygen atoms in total. The van der Waals surface area contributed by atoms with Gasteiger partial charge in [0.05, 0.1) is 17.9 Å². The van der Waals surface area contributed by atoms with Crippen LogP contribution in [0, 0.1) is 0 Å².